The minimum absolute atomic E-state index is 0.0888. The molecule has 0 radical (unpaired) electrons. The zero-order chi connectivity index (χ0) is 21.0. The SMILES string of the molecule is O=C(/C=C/c1ccc(Cl)c(C(F)(F)F)c1)N1CCN(C(=O)c2ccccc2)CC1. The largest absolute Gasteiger partial charge is 0.417 e. The molecule has 2 aromatic rings. The van der Waals surface area contributed by atoms with Crippen LogP contribution in [0.2, 0.25) is 5.02 Å². The number of piperazine rings is 1. The van der Waals surface area contributed by atoms with Crippen molar-refractivity contribution in [3.05, 3.63) is 76.3 Å². The van der Waals surface area contributed by atoms with E-state index < -0.39 is 11.7 Å². The second kappa shape index (κ2) is 8.69. The summed E-state index contributed by atoms with van der Waals surface area (Å²) in [6, 6.07) is 12.4. The summed E-state index contributed by atoms with van der Waals surface area (Å²) in [5.41, 5.74) is -0.120. The van der Waals surface area contributed by atoms with Gasteiger partial charge in [-0.15, -0.1) is 0 Å². The number of rotatable bonds is 3. The molecule has 1 aliphatic heterocycles. The lowest BCUT2D eigenvalue weighted by atomic mass is 10.1. The summed E-state index contributed by atoms with van der Waals surface area (Å²) >= 11 is 5.60. The summed E-state index contributed by atoms with van der Waals surface area (Å²) in [5.74, 6) is -0.408. The average Bonchev–Trinajstić information content (AvgIpc) is 2.72. The molecule has 1 fully saturated rings. The Morgan fingerprint density at radius 3 is 2.17 bits per heavy atom. The molecule has 152 valence electrons. The fourth-order valence-electron chi connectivity index (χ4n) is 3.03. The Labute approximate surface area is 171 Å². The van der Waals surface area contributed by atoms with Crippen LogP contribution in [0.25, 0.3) is 6.08 Å². The molecule has 8 heteroatoms. The summed E-state index contributed by atoms with van der Waals surface area (Å²) < 4.78 is 38.8. The molecule has 0 saturated carbocycles. The van der Waals surface area contributed by atoms with Crippen molar-refractivity contribution in [2.24, 2.45) is 0 Å². The van der Waals surface area contributed by atoms with Gasteiger partial charge in [-0.25, -0.2) is 0 Å². The smallest absolute Gasteiger partial charge is 0.336 e. The lowest BCUT2D eigenvalue weighted by Gasteiger charge is -2.34. The number of benzene rings is 2. The van der Waals surface area contributed by atoms with Gasteiger partial charge in [-0.05, 0) is 35.9 Å². The molecule has 1 heterocycles. The number of hydrogen-bond acceptors (Lipinski definition) is 2. The fourth-order valence-corrected chi connectivity index (χ4v) is 3.25. The number of carbonyl (C=O) groups excluding carboxylic acids is 2. The molecule has 0 aliphatic carbocycles. The van der Waals surface area contributed by atoms with Crippen LogP contribution < -0.4 is 0 Å². The Kier molecular flexibility index (Phi) is 6.27. The molecule has 0 spiro atoms. The number of carbonyl (C=O) groups is 2. The van der Waals surface area contributed by atoms with Crippen molar-refractivity contribution < 1.29 is 22.8 Å². The van der Waals surface area contributed by atoms with Crippen LogP contribution in [-0.2, 0) is 11.0 Å². The third-order valence-corrected chi connectivity index (χ3v) is 4.94. The van der Waals surface area contributed by atoms with Crippen LogP contribution in [-0.4, -0.2) is 47.8 Å². The van der Waals surface area contributed by atoms with Crippen LogP contribution in [0, 0.1) is 0 Å². The number of amides is 2. The highest BCUT2D eigenvalue weighted by Crippen LogP contribution is 2.35. The quantitative estimate of drug-likeness (QED) is 0.690. The van der Waals surface area contributed by atoms with E-state index in [-0.39, 0.29) is 22.4 Å². The number of hydrogen-bond donors (Lipinski definition) is 0. The molecule has 0 N–H and O–H groups in total. The normalized spacial score (nSPS) is 15.0. The van der Waals surface area contributed by atoms with Crippen LogP contribution in [0.4, 0.5) is 13.2 Å². The average molecular weight is 423 g/mol. The molecule has 3 rings (SSSR count). The third kappa shape index (κ3) is 5.17. The minimum atomic E-state index is -4.56. The Balaban J connectivity index is 1.59. The van der Waals surface area contributed by atoms with Gasteiger partial charge >= 0.3 is 6.18 Å². The van der Waals surface area contributed by atoms with E-state index in [0.29, 0.717) is 31.7 Å². The van der Waals surface area contributed by atoms with Gasteiger partial charge in [0, 0.05) is 37.8 Å². The van der Waals surface area contributed by atoms with Gasteiger partial charge in [0.05, 0.1) is 10.6 Å². The zero-order valence-corrected chi connectivity index (χ0v) is 16.1. The van der Waals surface area contributed by atoms with E-state index >= 15 is 0 Å². The topological polar surface area (TPSA) is 40.6 Å². The van der Waals surface area contributed by atoms with Crippen molar-refractivity contribution >= 4 is 29.5 Å². The van der Waals surface area contributed by atoms with Crippen molar-refractivity contribution in [3.8, 4) is 0 Å². The maximum absolute atomic E-state index is 12.9. The zero-order valence-electron chi connectivity index (χ0n) is 15.3. The maximum atomic E-state index is 12.9. The molecular formula is C21H18ClF3N2O2. The highest BCUT2D eigenvalue weighted by Gasteiger charge is 2.33. The predicted molar refractivity (Wildman–Crippen MR) is 104 cm³/mol. The summed E-state index contributed by atoms with van der Waals surface area (Å²) in [5, 5.41) is -0.389. The van der Waals surface area contributed by atoms with Crippen molar-refractivity contribution in [1.29, 1.82) is 0 Å². The fraction of sp³-hybridized carbons (Fsp3) is 0.238. The van der Waals surface area contributed by atoms with Crippen molar-refractivity contribution in [1.82, 2.24) is 9.80 Å². The standard InChI is InChI=1S/C21H18ClF3N2O2/c22-18-8-6-15(14-17(18)21(23,24)25)7-9-19(28)26-10-12-27(13-11-26)20(29)16-4-2-1-3-5-16/h1-9,14H,10-13H2/b9-7+. The molecular weight excluding hydrogens is 405 g/mol. The van der Waals surface area contributed by atoms with Crippen molar-refractivity contribution in [2.45, 2.75) is 6.18 Å². The first-order valence-corrected chi connectivity index (χ1v) is 9.31. The van der Waals surface area contributed by atoms with E-state index in [2.05, 4.69) is 0 Å². The number of nitrogens with zero attached hydrogens (tertiary/aromatic N) is 2. The second-order valence-electron chi connectivity index (χ2n) is 6.55. The Bertz CT molecular complexity index is 921. The predicted octanol–water partition coefficient (Wildman–Crippen LogP) is 4.36. The van der Waals surface area contributed by atoms with Crippen molar-refractivity contribution in [3.63, 3.8) is 0 Å². The first kappa shape index (κ1) is 20.9. The van der Waals surface area contributed by atoms with Crippen molar-refractivity contribution in [2.75, 3.05) is 26.2 Å². The van der Waals surface area contributed by atoms with E-state index in [1.807, 2.05) is 6.07 Å². The molecule has 2 amide bonds. The summed E-state index contributed by atoms with van der Waals surface area (Å²) in [6.45, 7) is 1.51. The van der Waals surface area contributed by atoms with Crippen LogP contribution in [0.5, 0.6) is 0 Å². The molecule has 2 aromatic carbocycles. The maximum Gasteiger partial charge on any atom is 0.417 e. The highest BCUT2D eigenvalue weighted by atomic mass is 35.5. The van der Waals surface area contributed by atoms with Gasteiger partial charge in [-0.2, -0.15) is 13.2 Å². The Morgan fingerprint density at radius 1 is 0.931 bits per heavy atom. The van der Waals surface area contributed by atoms with Gasteiger partial charge in [0.15, 0.2) is 0 Å². The van der Waals surface area contributed by atoms with E-state index in [9.17, 15) is 22.8 Å². The number of alkyl halides is 3. The Hall–Kier alpha value is -2.80. The Morgan fingerprint density at radius 2 is 1.55 bits per heavy atom. The lowest BCUT2D eigenvalue weighted by Crippen LogP contribution is -2.50. The van der Waals surface area contributed by atoms with Crippen LogP contribution in [0.3, 0.4) is 0 Å². The summed E-state index contributed by atoms with van der Waals surface area (Å²) in [6.07, 6.45) is -2.00. The van der Waals surface area contributed by atoms with Gasteiger partial charge in [0.2, 0.25) is 5.91 Å². The van der Waals surface area contributed by atoms with Crippen LogP contribution >= 0.6 is 11.6 Å². The molecule has 0 aromatic heterocycles. The monoisotopic (exact) mass is 422 g/mol. The number of halogens is 4. The first-order valence-electron chi connectivity index (χ1n) is 8.94. The highest BCUT2D eigenvalue weighted by molar-refractivity contribution is 6.31. The van der Waals surface area contributed by atoms with Gasteiger partial charge in [0.1, 0.15) is 0 Å². The van der Waals surface area contributed by atoms with Crippen LogP contribution in [0.1, 0.15) is 21.5 Å². The second-order valence-corrected chi connectivity index (χ2v) is 6.96. The molecule has 1 aliphatic rings. The van der Waals surface area contributed by atoms with Gasteiger partial charge in [0.25, 0.3) is 5.91 Å². The lowest BCUT2D eigenvalue weighted by molar-refractivity contribution is -0.137. The molecule has 4 nitrogen and oxygen atoms in total. The molecule has 1 saturated heterocycles. The molecule has 0 unspecified atom stereocenters. The first-order chi connectivity index (χ1) is 13.8. The van der Waals surface area contributed by atoms with Crippen LogP contribution in [0.15, 0.2) is 54.6 Å². The minimum Gasteiger partial charge on any atom is -0.336 e. The van der Waals surface area contributed by atoms with E-state index in [0.717, 1.165) is 12.1 Å². The van der Waals surface area contributed by atoms with Gasteiger partial charge in [-0.3, -0.25) is 9.59 Å². The van der Waals surface area contributed by atoms with E-state index in [1.165, 1.54) is 18.2 Å². The summed E-state index contributed by atoms with van der Waals surface area (Å²) in [4.78, 5) is 28.0. The third-order valence-electron chi connectivity index (χ3n) is 4.61. The van der Waals surface area contributed by atoms with Gasteiger partial charge in [-0.1, -0.05) is 35.9 Å². The summed E-state index contributed by atoms with van der Waals surface area (Å²) in [7, 11) is 0. The van der Waals surface area contributed by atoms with Gasteiger partial charge < -0.3 is 9.80 Å². The van der Waals surface area contributed by atoms with E-state index in [4.69, 9.17) is 11.6 Å². The van der Waals surface area contributed by atoms with E-state index in [1.54, 1.807) is 34.1 Å². The molecule has 0 atom stereocenters. The molecule has 0 bridgehead atoms. The molecule has 29 heavy (non-hydrogen) atoms.